The summed E-state index contributed by atoms with van der Waals surface area (Å²) in [6, 6.07) is 8.73. The maximum Gasteiger partial charge on any atom is 0.126 e. The number of benzene rings is 2. The van der Waals surface area contributed by atoms with Gasteiger partial charge in [-0.05, 0) is 47.9 Å². The Morgan fingerprint density at radius 2 is 1.71 bits per heavy atom. The third-order valence-corrected chi connectivity index (χ3v) is 3.67. The van der Waals surface area contributed by atoms with E-state index in [2.05, 4.69) is 0 Å². The first-order valence-electron chi connectivity index (χ1n) is 6.52. The quantitative estimate of drug-likeness (QED) is 0.890. The van der Waals surface area contributed by atoms with E-state index in [1.807, 2.05) is 0 Å². The molecule has 3 N–H and O–H groups in total. The van der Waals surface area contributed by atoms with Gasteiger partial charge in [0.25, 0.3) is 0 Å². The second-order valence-electron chi connectivity index (χ2n) is 5.07. The monoisotopic (exact) mass is 295 g/mol. The van der Waals surface area contributed by atoms with Crippen LogP contribution in [0.1, 0.15) is 11.1 Å². The highest BCUT2D eigenvalue weighted by Gasteiger charge is 2.32. The first kappa shape index (κ1) is 15.5. The van der Waals surface area contributed by atoms with E-state index in [0.717, 1.165) is 18.2 Å². The van der Waals surface area contributed by atoms with Gasteiger partial charge in [-0.3, -0.25) is 0 Å². The average molecular weight is 295 g/mol. The summed E-state index contributed by atoms with van der Waals surface area (Å²) in [4.78, 5) is 0. The molecule has 21 heavy (non-hydrogen) atoms. The Bertz CT molecular complexity index is 627. The standard InChI is InChI=1S/C16H16F3NO/c17-13-3-1-2-12(7-13)16(9-20,10-21)8-11-6-14(18)4-5-15(11)19/h1-7,21H,8-10,20H2. The lowest BCUT2D eigenvalue weighted by Gasteiger charge is -2.31. The van der Waals surface area contributed by atoms with Crippen molar-refractivity contribution in [3.8, 4) is 0 Å². The topological polar surface area (TPSA) is 46.2 Å². The van der Waals surface area contributed by atoms with Gasteiger partial charge in [-0.1, -0.05) is 12.1 Å². The normalized spacial score (nSPS) is 14.0. The summed E-state index contributed by atoms with van der Waals surface area (Å²) in [5.74, 6) is -1.63. The summed E-state index contributed by atoms with van der Waals surface area (Å²) in [5.41, 5.74) is 5.23. The van der Waals surface area contributed by atoms with Gasteiger partial charge in [-0.2, -0.15) is 0 Å². The van der Waals surface area contributed by atoms with Crippen LogP contribution in [0, 0.1) is 17.5 Å². The number of aliphatic hydroxyl groups excluding tert-OH is 1. The molecule has 2 aromatic carbocycles. The van der Waals surface area contributed by atoms with E-state index in [4.69, 9.17) is 5.73 Å². The summed E-state index contributed by atoms with van der Waals surface area (Å²) in [5, 5.41) is 9.72. The van der Waals surface area contributed by atoms with E-state index in [1.54, 1.807) is 6.07 Å². The van der Waals surface area contributed by atoms with Gasteiger partial charge in [0.15, 0.2) is 0 Å². The minimum atomic E-state index is -1.06. The van der Waals surface area contributed by atoms with Crippen molar-refractivity contribution in [3.63, 3.8) is 0 Å². The predicted molar refractivity (Wildman–Crippen MR) is 74.3 cm³/mol. The highest BCUT2D eigenvalue weighted by atomic mass is 19.1. The first-order valence-corrected chi connectivity index (χ1v) is 6.52. The fraction of sp³-hybridized carbons (Fsp3) is 0.250. The zero-order chi connectivity index (χ0) is 15.5. The van der Waals surface area contributed by atoms with Crippen molar-refractivity contribution in [2.45, 2.75) is 11.8 Å². The molecule has 0 aliphatic heterocycles. The van der Waals surface area contributed by atoms with Gasteiger partial charge in [-0.25, -0.2) is 13.2 Å². The third kappa shape index (κ3) is 3.25. The highest BCUT2D eigenvalue weighted by Crippen LogP contribution is 2.29. The van der Waals surface area contributed by atoms with Gasteiger partial charge in [0.05, 0.1) is 6.61 Å². The van der Waals surface area contributed by atoms with Crippen molar-refractivity contribution < 1.29 is 18.3 Å². The summed E-state index contributed by atoms with van der Waals surface area (Å²) in [6.07, 6.45) is -0.0208. The Hall–Kier alpha value is -1.85. The van der Waals surface area contributed by atoms with Crippen molar-refractivity contribution >= 4 is 0 Å². The van der Waals surface area contributed by atoms with Crippen molar-refractivity contribution in [2.24, 2.45) is 5.73 Å². The fourth-order valence-corrected chi connectivity index (χ4v) is 2.37. The molecule has 0 saturated heterocycles. The molecule has 0 heterocycles. The van der Waals surface area contributed by atoms with Crippen molar-refractivity contribution in [1.29, 1.82) is 0 Å². The Labute approximate surface area is 121 Å². The number of nitrogens with two attached hydrogens (primary N) is 1. The molecule has 0 bridgehead atoms. The van der Waals surface area contributed by atoms with E-state index in [-0.39, 0.29) is 18.5 Å². The van der Waals surface area contributed by atoms with Crippen molar-refractivity contribution in [2.75, 3.05) is 13.2 Å². The second kappa shape index (κ2) is 6.28. The number of rotatable bonds is 5. The van der Waals surface area contributed by atoms with E-state index >= 15 is 0 Å². The summed E-state index contributed by atoms with van der Waals surface area (Å²) in [6.45, 7) is -0.425. The zero-order valence-electron chi connectivity index (χ0n) is 11.3. The second-order valence-corrected chi connectivity index (χ2v) is 5.07. The van der Waals surface area contributed by atoms with Gasteiger partial charge in [-0.15, -0.1) is 0 Å². The minimum Gasteiger partial charge on any atom is -0.395 e. The Morgan fingerprint density at radius 1 is 1.00 bits per heavy atom. The van der Waals surface area contributed by atoms with Crippen molar-refractivity contribution in [1.82, 2.24) is 0 Å². The van der Waals surface area contributed by atoms with Gasteiger partial charge < -0.3 is 10.8 Å². The lowest BCUT2D eigenvalue weighted by atomic mass is 9.76. The fourth-order valence-electron chi connectivity index (χ4n) is 2.37. The molecule has 0 spiro atoms. The van der Waals surface area contributed by atoms with E-state index in [0.29, 0.717) is 5.56 Å². The first-order chi connectivity index (χ1) is 10.0. The van der Waals surface area contributed by atoms with Crippen LogP contribution >= 0.6 is 0 Å². The number of hydrogen-bond acceptors (Lipinski definition) is 2. The van der Waals surface area contributed by atoms with E-state index in [1.165, 1.54) is 18.2 Å². The predicted octanol–water partition coefficient (Wildman–Crippen LogP) is 2.54. The molecule has 0 saturated carbocycles. The molecule has 0 fully saturated rings. The number of halogens is 3. The smallest absolute Gasteiger partial charge is 0.126 e. The molecule has 0 amide bonds. The van der Waals surface area contributed by atoms with E-state index in [9.17, 15) is 18.3 Å². The van der Waals surface area contributed by atoms with Crippen LogP contribution in [0.25, 0.3) is 0 Å². The van der Waals surface area contributed by atoms with Gasteiger partial charge >= 0.3 is 0 Å². The molecular formula is C16H16F3NO. The largest absolute Gasteiger partial charge is 0.395 e. The maximum atomic E-state index is 13.8. The molecule has 2 aromatic rings. The lowest BCUT2D eigenvalue weighted by molar-refractivity contribution is 0.194. The molecular weight excluding hydrogens is 279 g/mol. The van der Waals surface area contributed by atoms with Crippen LogP contribution < -0.4 is 5.73 Å². The molecule has 0 aromatic heterocycles. The minimum absolute atomic E-state index is 0.0208. The van der Waals surface area contributed by atoms with Crippen LogP contribution in [0.3, 0.4) is 0 Å². The molecule has 0 aliphatic carbocycles. The molecule has 1 unspecified atom stereocenters. The van der Waals surface area contributed by atoms with Crippen molar-refractivity contribution in [3.05, 3.63) is 71.0 Å². The molecule has 5 heteroatoms. The van der Waals surface area contributed by atoms with Crippen LogP contribution in [0.5, 0.6) is 0 Å². The van der Waals surface area contributed by atoms with Gasteiger partial charge in [0.1, 0.15) is 17.5 Å². The summed E-state index contributed by atoms with van der Waals surface area (Å²) < 4.78 is 40.5. The van der Waals surface area contributed by atoms with Crippen LogP contribution in [0.15, 0.2) is 42.5 Å². The van der Waals surface area contributed by atoms with Crippen LogP contribution in [-0.2, 0) is 11.8 Å². The molecule has 2 nitrogen and oxygen atoms in total. The Kier molecular flexibility index (Phi) is 4.65. The Morgan fingerprint density at radius 3 is 2.33 bits per heavy atom. The number of hydrogen-bond donors (Lipinski definition) is 2. The van der Waals surface area contributed by atoms with Crippen LogP contribution in [0.4, 0.5) is 13.2 Å². The lowest BCUT2D eigenvalue weighted by Crippen LogP contribution is -2.41. The van der Waals surface area contributed by atoms with E-state index < -0.39 is 29.5 Å². The number of aliphatic hydroxyl groups is 1. The summed E-state index contributed by atoms with van der Waals surface area (Å²) >= 11 is 0. The Balaban J connectivity index is 2.45. The molecule has 2 rings (SSSR count). The molecule has 0 aliphatic rings. The SMILES string of the molecule is NCC(CO)(Cc1cc(F)ccc1F)c1cccc(F)c1. The summed E-state index contributed by atoms with van der Waals surface area (Å²) in [7, 11) is 0. The van der Waals surface area contributed by atoms with Crippen LogP contribution in [-0.4, -0.2) is 18.3 Å². The van der Waals surface area contributed by atoms with Crippen LogP contribution in [0.2, 0.25) is 0 Å². The zero-order valence-corrected chi connectivity index (χ0v) is 11.3. The van der Waals surface area contributed by atoms with Gasteiger partial charge in [0.2, 0.25) is 0 Å². The molecule has 1 atom stereocenters. The maximum absolute atomic E-state index is 13.8. The third-order valence-electron chi connectivity index (χ3n) is 3.67. The molecule has 0 radical (unpaired) electrons. The van der Waals surface area contributed by atoms with Gasteiger partial charge in [0, 0.05) is 12.0 Å². The highest BCUT2D eigenvalue weighted by molar-refractivity contribution is 5.31. The average Bonchev–Trinajstić information content (AvgIpc) is 2.48. The molecule has 112 valence electrons.